The maximum Gasteiger partial charge on any atom is 0.123 e. The molecule has 1 aliphatic rings. The smallest absolute Gasteiger partial charge is 0.123 e. The van der Waals surface area contributed by atoms with Crippen molar-refractivity contribution in [1.29, 1.82) is 0 Å². The summed E-state index contributed by atoms with van der Waals surface area (Å²) >= 11 is 0. The fourth-order valence-electron chi connectivity index (χ4n) is 2.07. The molecule has 2 nitrogen and oxygen atoms in total. The molecule has 0 atom stereocenters. The lowest BCUT2D eigenvalue weighted by Gasteiger charge is -2.17. The number of hydrogen-bond donors (Lipinski definition) is 0. The number of aliphatic imine (C=N–C) groups is 1. The van der Waals surface area contributed by atoms with Gasteiger partial charge < -0.3 is 4.74 Å². The van der Waals surface area contributed by atoms with Crippen LogP contribution in [-0.2, 0) is 0 Å². The number of benzene rings is 1. The van der Waals surface area contributed by atoms with Gasteiger partial charge in [0.25, 0.3) is 0 Å². The van der Waals surface area contributed by atoms with Crippen molar-refractivity contribution < 1.29 is 4.74 Å². The summed E-state index contributed by atoms with van der Waals surface area (Å²) in [5.41, 5.74) is 0. The van der Waals surface area contributed by atoms with Crippen LogP contribution in [0.15, 0.2) is 35.3 Å². The van der Waals surface area contributed by atoms with E-state index in [9.17, 15) is 0 Å². The highest BCUT2D eigenvalue weighted by atomic mass is 16.5. The molecule has 0 aliphatic heterocycles. The molecule has 1 aromatic rings. The summed E-state index contributed by atoms with van der Waals surface area (Å²) in [6.07, 6.45) is 8.47. The Labute approximate surface area is 111 Å². The van der Waals surface area contributed by atoms with Gasteiger partial charge in [0.15, 0.2) is 0 Å². The highest BCUT2D eigenvalue weighted by Gasteiger charge is 2.10. The van der Waals surface area contributed by atoms with E-state index in [-0.39, 0.29) is 0 Å². The van der Waals surface area contributed by atoms with Crippen LogP contribution in [0.5, 0.6) is 5.75 Å². The van der Waals surface area contributed by atoms with Crippen LogP contribution < -0.4 is 4.74 Å². The topological polar surface area (TPSA) is 21.6 Å². The molecule has 0 radical (unpaired) electrons. The molecule has 0 aromatic heterocycles. The predicted octanol–water partition coefficient (Wildman–Crippen LogP) is 4.50. The second-order valence-electron chi connectivity index (χ2n) is 4.25. The molecule has 0 bridgehead atoms. The van der Waals surface area contributed by atoms with Crippen LogP contribution in [0.3, 0.4) is 0 Å². The third kappa shape index (κ3) is 5.85. The van der Waals surface area contributed by atoms with E-state index in [4.69, 9.17) is 4.74 Å². The summed E-state index contributed by atoms with van der Waals surface area (Å²) in [5.74, 6) is 0.914. The molecule has 0 spiro atoms. The van der Waals surface area contributed by atoms with E-state index in [1.54, 1.807) is 0 Å². The third-order valence-electron chi connectivity index (χ3n) is 2.96. The number of ether oxygens (including phenoxy) is 1. The Balaban J connectivity index is 0.000000771. The van der Waals surface area contributed by atoms with Gasteiger partial charge in [0.2, 0.25) is 0 Å². The van der Waals surface area contributed by atoms with E-state index in [0.717, 1.165) is 5.75 Å². The van der Waals surface area contributed by atoms with Crippen molar-refractivity contribution in [3.8, 4) is 5.75 Å². The van der Waals surface area contributed by atoms with Crippen LogP contribution in [0, 0.1) is 0 Å². The van der Waals surface area contributed by atoms with Crippen LogP contribution in [0.25, 0.3) is 0 Å². The molecule has 18 heavy (non-hydrogen) atoms. The molecule has 1 saturated carbocycles. The van der Waals surface area contributed by atoms with Gasteiger partial charge in [-0.15, -0.1) is 0 Å². The van der Waals surface area contributed by atoms with Crippen LogP contribution in [0.4, 0.5) is 0 Å². The van der Waals surface area contributed by atoms with Crippen molar-refractivity contribution in [3.63, 3.8) is 0 Å². The summed E-state index contributed by atoms with van der Waals surface area (Å²) in [4.78, 5) is 4.55. The van der Waals surface area contributed by atoms with Gasteiger partial charge in [0.1, 0.15) is 12.4 Å². The van der Waals surface area contributed by atoms with Crippen LogP contribution in [0.2, 0.25) is 0 Å². The molecule has 100 valence electrons. The molecule has 0 amide bonds. The lowest BCUT2D eigenvalue weighted by atomic mass is 9.96. The Morgan fingerprint density at radius 3 is 2.44 bits per heavy atom. The van der Waals surface area contributed by atoms with Crippen molar-refractivity contribution in [1.82, 2.24) is 0 Å². The van der Waals surface area contributed by atoms with E-state index in [2.05, 4.69) is 4.99 Å². The van der Waals surface area contributed by atoms with E-state index in [1.807, 2.05) is 50.4 Å². The first-order valence-corrected chi connectivity index (χ1v) is 7.14. The molecule has 0 unspecified atom stereocenters. The molecule has 1 aliphatic carbocycles. The summed E-state index contributed by atoms with van der Waals surface area (Å²) in [7, 11) is 0. The second kappa shape index (κ2) is 9.69. The zero-order chi connectivity index (χ0) is 13.1. The van der Waals surface area contributed by atoms with Gasteiger partial charge >= 0.3 is 0 Å². The first-order chi connectivity index (χ1) is 8.95. The van der Waals surface area contributed by atoms with Crippen LogP contribution in [0.1, 0.15) is 46.0 Å². The lowest BCUT2D eigenvalue weighted by molar-refractivity contribution is 0.377. The monoisotopic (exact) mass is 247 g/mol. The van der Waals surface area contributed by atoms with Gasteiger partial charge in [0.05, 0.1) is 0 Å². The van der Waals surface area contributed by atoms with E-state index < -0.39 is 0 Å². The summed E-state index contributed by atoms with van der Waals surface area (Å²) in [6, 6.07) is 10.4. The third-order valence-corrected chi connectivity index (χ3v) is 2.96. The maximum absolute atomic E-state index is 5.55. The highest BCUT2D eigenvalue weighted by molar-refractivity contribution is 5.59. The summed E-state index contributed by atoms with van der Waals surface area (Å²) in [6.45, 7) is 4.58. The lowest BCUT2D eigenvalue weighted by Crippen LogP contribution is -2.11. The largest absolute Gasteiger partial charge is 0.488 e. The molecule has 2 rings (SSSR count). The molecule has 0 saturated heterocycles. The highest BCUT2D eigenvalue weighted by Crippen LogP contribution is 2.19. The van der Waals surface area contributed by atoms with E-state index in [1.165, 1.54) is 32.1 Å². The second-order valence-corrected chi connectivity index (χ2v) is 4.25. The molecule has 1 aromatic carbocycles. The Kier molecular flexibility index (Phi) is 7.94. The van der Waals surface area contributed by atoms with Crippen molar-refractivity contribution in [2.75, 3.05) is 6.61 Å². The molecule has 0 N–H and O–H groups in total. The number of nitrogens with zero attached hydrogens (tertiary/aromatic N) is 1. The molecule has 2 heteroatoms. The van der Waals surface area contributed by atoms with Crippen molar-refractivity contribution >= 4 is 6.21 Å². The minimum atomic E-state index is 0.549. The van der Waals surface area contributed by atoms with Gasteiger partial charge in [-0.25, -0.2) is 0 Å². The van der Waals surface area contributed by atoms with Crippen molar-refractivity contribution in [2.24, 2.45) is 4.99 Å². The normalized spacial score (nSPS) is 16.1. The minimum Gasteiger partial charge on any atom is -0.488 e. The van der Waals surface area contributed by atoms with E-state index in [0.29, 0.717) is 12.6 Å². The SMILES string of the molecule is C(COc1ccccc1)=NC1CCCCC1.CC. The Bertz CT molecular complexity index is 315. The zero-order valence-corrected chi connectivity index (χ0v) is 11.6. The molecule has 1 fully saturated rings. The van der Waals surface area contributed by atoms with Crippen molar-refractivity contribution in [3.05, 3.63) is 30.3 Å². The molecule has 0 heterocycles. The van der Waals surface area contributed by atoms with Gasteiger partial charge in [-0.3, -0.25) is 4.99 Å². The molecular formula is C16H25NO. The van der Waals surface area contributed by atoms with E-state index >= 15 is 0 Å². The fourth-order valence-corrected chi connectivity index (χ4v) is 2.07. The summed E-state index contributed by atoms with van der Waals surface area (Å²) in [5, 5.41) is 0. The average molecular weight is 247 g/mol. The quantitative estimate of drug-likeness (QED) is 0.718. The van der Waals surface area contributed by atoms with Gasteiger partial charge in [-0.1, -0.05) is 51.3 Å². The van der Waals surface area contributed by atoms with Gasteiger partial charge in [-0.05, 0) is 25.0 Å². The van der Waals surface area contributed by atoms with Gasteiger partial charge in [0, 0.05) is 12.3 Å². The number of hydrogen-bond acceptors (Lipinski definition) is 2. The summed E-state index contributed by atoms with van der Waals surface area (Å²) < 4.78 is 5.55. The first-order valence-electron chi connectivity index (χ1n) is 7.14. The van der Waals surface area contributed by atoms with Crippen molar-refractivity contribution in [2.45, 2.75) is 52.0 Å². The predicted molar refractivity (Wildman–Crippen MR) is 78.7 cm³/mol. The number of rotatable bonds is 4. The first kappa shape index (κ1) is 14.7. The molecular weight excluding hydrogens is 222 g/mol. The Hall–Kier alpha value is -1.31. The Morgan fingerprint density at radius 2 is 1.78 bits per heavy atom. The fraction of sp³-hybridized carbons (Fsp3) is 0.562. The van der Waals surface area contributed by atoms with Gasteiger partial charge in [-0.2, -0.15) is 0 Å². The maximum atomic E-state index is 5.55. The standard InChI is InChI=1S/C14H19NO.C2H6/c1-3-7-13(8-4-1)15-11-12-16-14-9-5-2-6-10-14;1-2/h2,5-6,9-11,13H,1,3-4,7-8,12H2;1-2H3. The minimum absolute atomic E-state index is 0.549. The zero-order valence-electron chi connectivity index (χ0n) is 11.6. The van der Waals surface area contributed by atoms with Crippen LogP contribution >= 0.6 is 0 Å². The van der Waals surface area contributed by atoms with Crippen LogP contribution in [-0.4, -0.2) is 18.9 Å². The number of para-hydroxylation sites is 1. The Morgan fingerprint density at radius 1 is 1.11 bits per heavy atom. The average Bonchev–Trinajstić information content (AvgIpc) is 2.48.